The van der Waals surface area contributed by atoms with Crippen LogP contribution in [0, 0.1) is 11.8 Å². The first-order chi connectivity index (χ1) is 5.77. The van der Waals surface area contributed by atoms with Crippen molar-refractivity contribution in [3.63, 3.8) is 0 Å². The van der Waals surface area contributed by atoms with Crippen LogP contribution in [0.3, 0.4) is 0 Å². The van der Waals surface area contributed by atoms with E-state index in [4.69, 9.17) is 5.73 Å². The van der Waals surface area contributed by atoms with Gasteiger partial charge in [0.1, 0.15) is 5.84 Å². The highest BCUT2D eigenvalue weighted by Gasteiger charge is 2.29. The van der Waals surface area contributed by atoms with Gasteiger partial charge in [0, 0.05) is 18.1 Å². The van der Waals surface area contributed by atoms with E-state index in [1.54, 1.807) is 0 Å². The van der Waals surface area contributed by atoms with Crippen LogP contribution in [0.2, 0.25) is 0 Å². The lowest BCUT2D eigenvalue weighted by Gasteiger charge is -2.30. The van der Waals surface area contributed by atoms with Gasteiger partial charge in [-0.25, -0.2) is 0 Å². The van der Waals surface area contributed by atoms with Gasteiger partial charge in [0.15, 0.2) is 0 Å². The maximum absolute atomic E-state index is 5.59. The first-order valence-corrected chi connectivity index (χ1v) is 4.67. The Labute approximate surface area is 72.7 Å². The molecule has 2 N–H and O–H groups in total. The Bertz CT molecular complexity index is 234. The summed E-state index contributed by atoms with van der Waals surface area (Å²) in [6.07, 6.45) is 4.86. The number of rotatable bonds is 1. The Balaban J connectivity index is 2.12. The summed E-state index contributed by atoms with van der Waals surface area (Å²) in [7, 11) is 0. The molecule has 1 heterocycles. The minimum atomic E-state index is 0.521. The van der Waals surface area contributed by atoms with Crippen molar-refractivity contribution in [1.82, 2.24) is 0 Å². The lowest BCUT2D eigenvalue weighted by molar-refractivity contribution is 0.398. The smallest absolute Gasteiger partial charge is 0.123 e. The highest BCUT2D eigenvalue weighted by Crippen LogP contribution is 2.32. The Morgan fingerprint density at radius 1 is 1.33 bits per heavy atom. The maximum atomic E-state index is 5.59. The van der Waals surface area contributed by atoms with E-state index in [9.17, 15) is 0 Å². The van der Waals surface area contributed by atoms with Gasteiger partial charge in [-0.1, -0.05) is 13.3 Å². The molecule has 1 atom stereocenters. The predicted octanol–water partition coefficient (Wildman–Crippen LogP) is 1.54. The van der Waals surface area contributed by atoms with Gasteiger partial charge < -0.3 is 5.73 Å². The van der Waals surface area contributed by atoms with Gasteiger partial charge in [0.25, 0.3) is 0 Å². The molecule has 0 spiro atoms. The Hall–Kier alpha value is -0.860. The highest BCUT2D eigenvalue weighted by molar-refractivity contribution is 5.96. The van der Waals surface area contributed by atoms with Crippen molar-refractivity contribution in [2.45, 2.75) is 32.6 Å². The van der Waals surface area contributed by atoms with Crippen molar-refractivity contribution in [2.75, 3.05) is 0 Å². The van der Waals surface area contributed by atoms with Crippen molar-refractivity contribution in [3.05, 3.63) is 0 Å². The zero-order chi connectivity index (χ0) is 8.55. The third kappa shape index (κ3) is 1.24. The lowest BCUT2D eigenvalue weighted by Crippen LogP contribution is -2.32. The molecule has 2 aliphatic rings. The normalized spacial score (nSPS) is 30.6. The summed E-state index contributed by atoms with van der Waals surface area (Å²) < 4.78 is 0. The van der Waals surface area contributed by atoms with Crippen LogP contribution in [0.25, 0.3) is 0 Å². The molecule has 0 bridgehead atoms. The minimum absolute atomic E-state index is 0.521. The molecule has 0 aromatic rings. The zero-order valence-corrected chi connectivity index (χ0v) is 7.45. The SMILES string of the molecule is CC1CC(N)=NN=C1C1CCC1. The largest absolute Gasteiger partial charge is 0.386 e. The standard InChI is InChI=1S/C9H15N3/c1-6-5-8(10)11-12-9(6)7-3-2-4-7/h6-7H,2-5H2,1H3,(H2,10,11). The second kappa shape index (κ2) is 2.88. The molecule has 1 fully saturated rings. The Kier molecular flexibility index (Phi) is 1.87. The van der Waals surface area contributed by atoms with Crippen molar-refractivity contribution >= 4 is 11.5 Å². The molecule has 1 saturated carbocycles. The molecule has 1 unspecified atom stereocenters. The van der Waals surface area contributed by atoms with Crippen LogP contribution in [0.15, 0.2) is 10.2 Å². The molecule has 0 radical (unpaired) electrons. The summed E-state index contributed by atoms with van der Waals surface area (Å²) in [5.74, 6) is 1.93. The fourth-order valence-electron chi connectivity index (χ4n) is 1.87. The number of hydrogen-bond acceptors (Lipinski definition) is 3. The molecular formula is C9H15N3. The van der Waals surface area contributed by atoms with E-state index >= 15 is 0 Å². The average molecular weight is 165 g/mol. The fraction of sp³-hybridized carbons (Fsp3) is 0.778. The first kappa shape index (κ1) is 7.77. The summed E-state index contributed by atoms with van der Waals surface area (Å²) in [5.41, 5.74) is 6.88. The van der Waals surface area contributed by atoms with E-state index in [-0.39, 0.29) is 0 Å². The molecular weight excluding hydrogens is 150 g/mol. The van der Waals surface area contributed by atoms with Crippen LogP contribution in [0.4, 0.5) is 0 Å². The summed E-state index contributed by atoms with van der Waals surface area (Å²) in [6.45, 7) is 2.19. The highest BCUT2D eigenvalue weighted by atomic mass is 15.2. The van der Waals surface area contributed by atoms with Gasteiger partial charge in [-0.2, -0.15) is 5.10 Å². The summed E-state index contributed by atoms with van der Waals surface area (Å²) in [6, 6.07) is 0. The van der Waals surface area contributed by atoms with Crippen molar-refractivity contribution < 1.29 is 0 Å². The molecule has 0 aromatic carbocycles. The van der Waals surface area contributed by atoms with Crippen LogP contribution < -0.4 is 5.73 Å². The van der Waals surface area contributed by atoms with Gasteiger partial charge in [0.2, 0.25) is 0 Å². The summed E-state index contributed by atoms with van der Waals surface area (Å²) in [5, 5.41) is 8.14. The molecule has 0 aromatic heterocycles. The fourth-order valence-corrected chi connectivity index (χ4v) is 1.87. The molecule has 1 aliphatic carbocycles. The second-order valence-electron chi connectivity index (χ2n) is 3.85. The quantitative estimate of drug-likeness (QED) is 0.629. The van der Waals surface area contributed by atoms with E-state index in [1.165, 1.54) is 25.0 Å². The van der Waals surface area contributed by atoms with Crippen LogP contribution in [0.5, 0.6) is 0 Å². The number of hydrogen-bond donors (Lipinski definition) is 1. The zero-order valence-electron chi connectivity index (χ0n) is 7.45. The topological polar surface area (TPSA) is 50.7 Å². The van der Waals surface area contributed by atoms with Crippen LogP contribution in [-0.2, 0) is 0 Å². The van der Waals surface area contributed by atoms with Crippen molar-refractivity contribution in [3.8, 4) is 0 Å². The van der Waals surface area contributed by atoms with Crippen molar-refractivity contribution in [2.24, 2.45) is 27.8 Å². The molecule has 1 aliphatic heterocycles. The third-order valence-corrected chi connectivity index (χ3v) is 2.84. The molecule has 3 nitrogen and oxygen atoms in total. The molecule has 3 heteroatoms. The van der Waals surface area contributed by atoms with E-state index < -0.39 is 0 Å². The molecule has 12 heavy (non-hydrogen) atoms. The van der Waals surface area contributed by atoms with Gasteiger partial charge in [-0.05, 0) is 18.8 Å². The number of nitrogens with zero attached hydrogens (tertiary/aromatic N) is 2. The summed E-state index contributed by atoms with van der Waals surface area (Å²) >= 11 is 0. The Morgan fingerprint density at radius 3 is 2.58 bits per heavy atom. The monoisotopic (exact) mass is 165 g/mol. The van der Waals surface area contributed by atoms with E-state index in [0.29, 0.717) is 11.8 Å². The minimum Gasteiger partial charge on any atom is -0.386 e. The lowest BCUT2D eigenvalue weighted by atomic mass is 9.76. The maximum Gasteiger partial charge on any atom is 0.123 e. The van der Waals surface area contributed by atoms with Crippen LogP contribution in [-0.4, -0.2) is 11.5 Å². The van der Waals surface area contributed by atoms with Crippen molar-refractivity contribution in [1.29, 1.82) is 0 Å². The third-order valence-electron chi connectivity index (χ3n) is 2.84. The van der Waals surface area contributed by atoms with Crippen LogP contribution >= 0.6 is 0 Å². The molecule has 0 saturated heterocycles. The molecule has 2 rings (SSSR count). The van der Waals surface area contributed by atoms with Gasteiger partial charge in [-0.3, -0.25) is 0 Å². The van der Waals surface area contributed by atoms with Gasteiger partial charge >= 0.3 is 0 Å². The average Bonchev–Trinajstić information content (AvgIpc) is 1.91. The second-order valence-corrected chi connectivity index (χ2v) is 3.85. The van der Waals surface area contributed by atoms with Gasteiger partial charge in [0.05, 0.1) is 0 Å². The molecule has 0 amide bonds. The van der Waals surface area contributed by atoms with Crippen LogP contribution in [0.1, 0.15) is 32.6 Å². The Morgan fingerprint density at radius 2 is 2.08 bits per heavy atom. The van der Waals surface area contributed by atoms with E-state index in [1.807, 2.05) is 0 Å². The first-order valence-electron chi connectivity index (χ1n) is 4.67. The molecule has 66 valence electrons. The van der Waals surface area contributed by atoms with E-state index in [0.717, 1.165) is 12.3 Å². The van der Waals surface area contributed by atoms with E-state index in [2.05, 4.69) is 17.1 Å². The predicted molar refractivity (Wildman–Crippen MR) is 50.2 cm³/mol. The van der Waals surface area contributed by atoms with Gasteiger partial charge in [-0.15, -0.1) is 5.10 Å². The number of nitrogens with two attached hydrogens (primary N) is 1. The number of amidine groups is 1. The summed E-state index contributed by atoms with van der Waals surface area (Å²) in [4.78, 5) is 0.